The molecule has 0 saturated heterocycles. The Morgan fingerprint density at radius 3 is 2.85 bits per heavy atom. The van der Waals surface area contributed by atoms with Gasteiger partial charge in [-0.1, -0.05) is 25.8 Å². The molecule has 0 saturated carbocycles. The third-order valence-corrected chi connectivity index (χ3v) is 4.66. The number of nitrogens with one attached hydrogen (secondary N) is 1. The summed E-state index contributed by atoms with van der Waals surface area (Å²) in [7, 11) is 1.60. The summed E-state index contributed by atoms with van der Waals surface area (Å²) in [6, 6.07) is 7.85. The number of methoxy groups -OCH3 is 1. The number of unbranched alkanes of at least 4 members (excludes halogenated alkanes) is 2. The van der Waals surface area contributed by atoms with Crippen LogP contribution < -0.4 is 19.9 Å². The minimum Gasteiger partial charge on any atom is -0.493 e. The SMILES string of the molecule is CCCCCOc1ccc([C@H]2C(C#N)=C(N)Oc3n[nH]c(C)c32)cc1OC. The van der Waals surface area contributed by atoms with Crippen LogP contribution in [0.15, 0.2) is 29.7 Å². The van der Waals surface area contributed by atoms with E-state index in [0.717, 1.165) is 36.1 Å². The molecule has 0 aliphatic carbocycles. The summed E-state index contributed by atoms with van der Waals surface area (Å²) in [6.07, 6.45) is 3.26. The topological polar surface area (TPSA) is 106 Å². The smallest absolute Gasteiger partial charge is 0.244 e. The highest BCUT2D eigenvalue weighted by atomic mass is 16.5. The van der Waals surface area contributed by atoms with Gasteiger partial charge >= 0.3 is 0 Å². The van der Waals surface area contributed by atoms with E-state index in [2.05, 4.69) is 23.2 Å². The second-order valence-corrected chi connectivity index (χ2v) is 6.46. The van der Waals surface area contributed by atoms with Crippen LogP contribution in [-0.2, 0) is 0 Å². The molecule has 0 spiro atoms. The Labute approximate surface area is 158 Å². The van der Waals surface area contributed by atoms with Gasteiger partial charge in [-0.05, 0) is 31.0 Å². The Morgan fingerprint density at radius 1 is 1.33 bits per heavy atom. The maximum absolute atomic E-state index is 9.64. The molecule has 2 heterocycles. The Kier molecular flexibility index (Phi) is 5.55. The molecule has 0 radical (unpaired) electrons. The fourth-order valence-corrected chi connectivity index (χ4v) is 3.25. The lowest BCUT2D eigenvalue weighted by Crippen LogP contribution is -2.21. The Morgan fingerprint density at radius 2 is 2.15 bits per heavy atom. The largest absolute Gasteiger partial charge is 0.493 e. The maximum atomic E-state index is 9.64. The number of nitriles is 1. The van der Waals surface area contributed by atoms with Crippen molar-refractivity contribution in [2.45, 2.75) is 39.0 Å². The second kappa shape index (κ2) is 8.04. The highest BCUT2D eigenvalue weighted by Crippen LogP contribution is 2.44. The molecule has 3 rings (SSSR count). The molecule has 142 valence electrons. The monoisotopic (exact) mass is 368 g/mol. The predicted octanol–water partition coefficient (Wildman–Crippen LogP) is 3.51. The Hall–Kier alpha value is -3.14. The number of H-pyrrole nitrogens is 1. The van der Waals surface area contributed by atoms with Gasteiger partial charge in [-0.3, -0.25) is 5.10 Å². The zero-order chi connectivity index (χ0) is 19.4. The summed E-state index contributed by atoms with van der Waals surface area (Å²) in [4.78, 5) is 0. The van der Waals surface area contributed by atoms with Crippen molar-refractivity contribution >= 4 is 0 Å². The van der Waals surface area contributed by atoms with Crippen LogP contribution in [0.2, 0.25) is 0 Å². The van der Waals surface area contributed by atoms with E-state index in [0.29, 0.717) is 29.6 Å². The molecule has 7 nitrogen and oxygen atoms in total. The van der Waals surface area contributed by atoms with E-state index in [-0.39, 0.29) is 11.8 Å². The number of aryl methyl sites for hydroxylation is 1. The zero-order valence-electron chi connectivity index (χ0n) is 15.8. The van der Waals surface area contributed by atoms with Crippen molar-refractivity contribution in [2.24, 2.45) is 5.73 Å². The number of hydrogen-bond donors (Lipinski definition) is 2. The average molecular weight is 368 g/mol. The van der Waals surface area contributed by atoms with Crippen molar-refractivity contribution in [3.8, 4) is 23.4 Å². The van der Waals surface area contributed by atoms with Gasteiger partial charge in [0.2, 0.25) is 11.8 Å². The molecule has 2 aromatic rings. The summed E-state index contributed by atoms with van der Waals surface area (Å²) in [5, 5.41) is 16.7. The second-order valence-electron chi connectivity index (χ2n) is 6.46. The molecule has 0 bridgehead atoms. The maximum Gasteiger partial charge on any atom is 0.244 e. The van der Waals surface area contributed by atoms with Crippen LogP contribution in [0.25, 0.3) is 0 Å². The standard InChI is InChI=1S/C20H24N4O3/c1-4-5-6-9-26-15-8-7-13(10-16(15)25-3)18-14(11-21)19(22)27-20-17(18)12(2)23-24-20/h7-8,10,18H,4-6,9,22H2,1-3H3,(H,23,24)/t18-/m0/s1. The van der Waals surface area contributed by atoms with Crippen molar-refractivity contribution < 1.29 is 14.2 Å². The van der Waals surface area contributed by atoms with Crippen LogP contribution >= 0.6 is 0 Å². The third-order valence-electron chi connectivity index (χ3n) is 4.66. The molecular weight excluding hydrogens is 344 g/mol. The molecule has 7 heteroatoms. The number of rotatable bonds is 7. The van der Waals surface area contributed by atoms with Gasteiger partial charge in [0.25, 0.3) is 0 Å². The van der Waals surface area contributed by atoms with Crippen molar-refractivity contribution in [1.29, 1.82) is 5.26 Å². The Bertz CT molecular complexity index is 895. The van der Waals surface area contributed by atoms with Crippen molar-refractivity contribution in [3.05, 3.63) is 46.5 Å². The first-order valence-electron chi connectivity index (χ1n) is 9.03. The fourth-order valence-electron chi connectivity index (χ4n) is 3.25. The minimum absolute atomic E-state index is 0.0698. The van der Waals surface area contributed by atoms with Crippen LogP contribution in [0.5, 0.6) is 17.4 Å². The van der Waals surface area contributed by atoms with E-state index in [9.17, 15) is 5.26 Å². The molecule has 27 heavy (non-hydrogen) atoms. The van der Waals surface area contributed by atoms with Gasteiger partial charge in [-0.15, -0.1) is 5.10 Å². The number of nitrogens with zero attached hydrogens (tertiary/aromatic N) is 2. The molecule has 1 aliphatic heterocycles. The number of aromatic nitrogens is 2. The van der Waals surface area contributed by atoms with Gasteiger partial charge < -0.3 is 19.9 Å². The molecular formula is C20H24N4O3. The molecule has 3 N–H and O–H groups in total. The lowest BCUT2D eigenvalue weighted by Gasteiger charge is -2.24. The molecule has 1 aliphatic rings. The van der Waals surface area contributed by atoms with Crippen LogP contribution in [0.3, 0.4) is 0 Å². The number of benzene rings is 1. The lowest BCUT2D eigenvalue weighted by atomic mass is 9.84. The third kappa shape index (κ3) is 3.56. The van der Waals surface area contributed by atoms with Gasteiger partial charge in [0, 0.05) is 11.3 Å². The number of hydrogen-bond acceptors (Lipinski definition) is 6. The van der Waals surface area contributed by atoms with Gasteiger partial charge in [-0.25, -0.2) is 0 Å². The first kappa shape index (κ1) is 18.6. The molecule has 1 atom stereocenters. The van der Waals surface area contributed by atoms with Crippen LogP contribution in [0.1, 0.15) is 48.9 Å². The molecule has 1 aromatic heterocycles. The highest BCUT2D eigenvalue weighted by molar-refractivity contribution is 5.57. The van der Waals surface area contributed by atoms with E-state index in [4.69, 9.17) is 19.9 Å². The van der Waals surface area contributed by atoms with E-state index in [1.807, 2.05) is 25.1 Å². The molecule has 1 aromatic carbocycles. The van der Waals surface area contributed by atoms with Crippen LogP contribution in [-0.4, -0.2) is 23.9 Å². The van der Waals surface area contributed by atoms with Crippen LogP contribution in [0, 0.1) is 18.3 Å². The summed E-state index contributed by atoms with van der Waals surface area (Å²) < 4.78 is 16.9. The van der Waals surface area contributed by atoms with Gasteiger partial charge in [0.05, 0.1) is 19.6 Å². The van der Waals surface area contributed by atoms with Crippen molar-refractivity contribution in [3.63, 3.8) is 0 Å². The summed E-state index contributed by atoms with van der Waals surface area (Å²) in [5.41, 5.74) is 8.81. The number of nitrogens with two attached hydrogens (primary N) is 1. The zero-order valence-corrected chi connectivity index (χ0v) is 15.8. The summed E-state index contributed by atoms with van der Waals surface area (Å²) >= 11 is 0. The van der Waals surface area contributed by atoms with E-state index >= 15 is 0 Å². The van der Waals surface area contributed by atoms with E-state index in [1.54, 1.807) is 7.11 Å². The number of fused-ring (bicyclic) bond motifs is 1. The summed E-state index contributed by atoms with van der Waals surface area (Å²) in [5.74, 6) is 1.40. The molecule has 0 amide bonds. The lowest BCUT2D eigenvalue weighted by molar-refractivity contribution is 0.286. The van der Waals surface area contributed by atoms with E-state index < -0.39 is 0 Å². The van der Waals surface area contributed by atoms with Crippen LogP contribution in [0.4, 0.5) is 0 Å². The van der Waals surface area contributed by atoms with Gasteiger partial charge in [0.15, 0.2) is 11.5 Å². The average Bonchev–Trinajstić information content (AvgIpc) is 3.04. The fraction of sp³-hybridized carbons (Fsp3) is 0.400. The number of allylic oxidation sites excluding steroid dienone is 1. The van der Waals surface area contributed by atoms with E-state index in [1.165, 1.54) is 0 Å². The number of aromatic amines is 1. The first-order chi connectivity index (χ1) is 13.1. The van der Waals surface area contributed by atoms with Crippen molar-refractivity contribution in [1.82, 2.24) is 10.2 Å². The first-order valence-corrected chi connectivity index (χ1v) is 9.03. The Balaban J connectivity index is 1.97. The predicted molar refractivity (Wildman–Crippen MR) is 101 cm³/mol. The van der Waals surface area contributed by atoms with Gasteiger partial charge in [-0.2, -0.15) is 5.26 Å². The minimum atomic E-state index is -0.374. The molecule has 0 unspecified atom stereocenters. The number of ether oxygens (including phenoxy) is 3. The summed E-state index contributed by atoms with van der Waals surface area (Å²) in [6.45, 7) is 4.69. The van der Waals surface area contributed by atoms with Crippen molar-refractivity contribution in [2.75, 3.05) is 13.7 Å². The molecule has 0 fully saturated rings. The highest BCUT2D eigenvalue weighted by Gasteiger charge is 2.34. The quantitative estimate of drug-likeness (QED) is 0.724. The van der Waals surface area contributed by atoms with Gasteiger partial charge in [0.1, 0.15) is 11.6 Å². The normalized spacial score (nSPS) is 15.7.